The van der Waals surface area contributed by atoms with Crippen molar-refractivity contribution in [1.82, 2.24) is 15.2 Å². The van der Waals surface area contributed by atoms with E-state index in [1.807, 2.05) is 19.0 Å². The minimum atomic E-state index is -0.118. The summed E-state index contributed by atoms with van der Waals surface area (Å²) in [5.74, 6) is -0.118. The maximum Gasteiger partial charge on any atom is 0.269 e. The Morgan fingerprint density at radius 3 is 2.56 bits per heavy atom. The van der Waals surface area contributed by atoms with Crippen LogP contribution in [-0.4, -0.2) is 43.0 Å². The Morgan fingerprint density at radius 2 is 2.06 bits per heavy atom. The summed E-state index contributed by atoms with van der Waals surface area (Å²) in [6.45, 7) is 1.47. The predicted octanol–water partition coefficient (Wildman–Crippen LogP) is 1.22. The molecule has 0 saturated heterocycles. The SMILES string of the molecule is CN(C)CCNC(=O)c1ccccn1.Cl.Cl. The van der Waals surface area contributed by atoms with Crippen LogP contribution in [0.4, 0.5) is 0 Å². The van der Waals surface area contributed by atoms with Crippen molar-refractivity contribution < 1.29 is 4.79 Å². The van der Waals surface area contributed by atoms with Gasteiger partial charge in [0.1, 0.15) is 5.69 Å². The first-order valence-electron chi connectivity index (χ1n) is 4.54. The summed E-state index contributed by atoms with van der Waals surface area (Å²) in [6.07, 6.45) is 1.61. The molecular weight excluding hydrogens is 249 g/mol. The number of rotatable bonds is 4. The highest BCUT2D eigenvalue weighted by Gasteiger charge is 2.04. The number of carbonyl (C=O) groups is 1. The molecule has 0 unspecified atom stereocenters. The average Bonchev–Trinajstić information content (AvgIpc) is 2.18. The molecule has 0 bridgehead atoms. The van der Waals surface area contributed by atoms with E-state index in [1.54, 1.807) is 24.4 Å². The number of hydrogen-bond acceptors (Lipinski definition) is 3. The Kier molecular flexibility index (Phi) is 10.3. The molecule has 1 N–H and O–H groups in total. The van der Waals surface area contributed by atoms with Crippen LogP contribution in [0.1, 0.15) is 10.5 Å². The van der Waals surface area contributed by atoms with E-state index < -0.39 is 0 Å². The number of pyridine rings is 1. The van der Waals surface area contributed by atoms with E-state index in [0.717, 1.165) is 6.54 Å². The summed E-state index contributed by atoms with van der Waals surface area (Å²) in [5, 5.41) is 2.79. The van der Waals surface area contributed by atoms with Crippen LogP contribution in [-0.2, 0) is 0 Å². The highest BCUT2D eigenvalue weighted by molar-refractivity contribution is 5.92. The molecule has 0 aliphatic heterocycles. The van der Waals surface area contributed by atoms with Gasteiger partial charge in [-0.3, -0.25) is 9.78 Å². The topological polar surface area (TPSA) is 45.2 Å². The lowest BCUT2D eigenvalue weighted by Gasteiger charge is -2.09. The molecule has 1 heterocycles. The van der Waals surface area contributed by atoms with Crippen LogP contribution in [0.2, 0.25) is 0 Å². The number of hydrogen-bond donors (Lipinski definition) is 1. The van der Waals surface area contributed by atoms with Crippen LogP contribution in [0.5, 0.6) is 0 Å². The van der Waals surface area contributed by atoms with Crippen LogP contribution in [0.3, 0.4) is 0 Å². The summed E-state index contributed by atoms with van der Waals surface area (Å²) >= 11 is 0. The van der Waals surface area contributed by atoms with E-state index >= 15 is 0 Å². The summed E-state index contributed by atoms with van der Waals surface area (Å²) in [4.78, 5) is 17.4. The van der Waals surface area contributed by atoms with Gasteiger partial charge in [0, 0.05) is 19.3 Å². The van der Waals surface area contributed by atoms with Crippen molar-refractivity contribution in [2.24, 2.45) is 0 Å². The quantitative estimate of drug-likeness (QED) is 0.891. The normalized spacial score (nSPS) is 8.94. The van der Waals surface area contributed by atoms with Crippen LogP contribution in [0.15, 0.2) is 24.4 Å². The second-order valence-corrected chi connectivity index (χ2v) is 3.27. The smallest absolute Gasteiger partial charge is 0.269 e. The van der Waals surface area contributed by atoms with E-state index in [0.29, 0.717) is 12.2 Å². The van der Waals surface area contributed by atoms with Crippen molar-refractivity contribution in [3.8, 4) is 0 Å². The largest absolute Gasteiger partial charge is 0.349 e. The van der Waals surface area contributed by atoms with Crippen LogP contribution in [0.25, 0.3) is 0 Å². The number of amides is 1. The maximum absolute atomic E-state index is 11.4. The summed E-state index contributed by atoms with van der Waals surface area (Å²) in [6, 6.07) is 5.29. The Labute approximate surface area is 108 Å². The number of nitrogens with one attached hydrogen (secondary N) is 1. The Morgan fingerprint density at radius 1 is 1.38 bits per heavy atom. The third-order valence-electron chi connectivity index (χ3n) is 1.74. The molecule has 0 fully saturated rings. The number of aromatic nitrogens is 1. The maximum atomic E-state index is 11.4. The van der Waals surface area contributed by atoms with E-state index in [-0.39, 0.29) is 30.7 Å². The van der Waals surface area contributed by atoms with Gasteiger partial charge in [0.15, 0.2) is 0 Å². The van der Waals surface area contributed by atoms with Gasteiger partial charge in [0.05, 0.1) is 0 Å². The van der Waals surface area contributed by atoms with E-state index in [4.69, 9.17) is 0 Å². The zero-order valence-corrected chi connectivity index (χ0v) is 11.0. The average molecular weight is 266 g/mol. The molecular formula is C10H17Cl2N3O. The zero-order chi connectivity index (χ0) is 10.4. The molecule has 0 radical (unpaired) electrons. The number of likely N-dealkylation sites (N-methyl/N-ethyl adjacent to an activating group) is 1. The minimum absolute atomic E-state index is 0. The van der Waals surface area contributed by atoms with E-state index in [1.165, 1.54) is 0 Å². The summed E-state index contributed by atoms with van der Waals surface area (Å²) in [7, 11) is 3.93. The molecule has 4 nitrogen and oxygen atoms in total. The molecule has 0 aromatic carbocycles. The van der Waals surface area contributed by atoms with Crippen molar-refractivity contribution >= 4 is 30.7 Å². The van der Waals surface area contributed by atoms with Crippen molar-refractivity contribution in [2.75, 3.05) is 27.2 Å². The number of carbonyl (C=O) groups excluding carboxylic acids is 1. The van der Waals surface area contributed by atoms with Crippen molar-refractivity contribution in [2.45, 2.75) is 0 Å². The first-order valence-corrected chi connectivity index (χ1v) is 4.54. The fraction of sp³-hybridized carbons (Fsp3) is 0.400. The number of nitrogens with zero attached hydrogens (tertiary/aromatic N) is 2. The fourth-order valence-corrected chi connectivity index (χ4v) is 0.981. The molecule has 92 valence electrons. The second-order valence-electron chi connectivity index (χ2n) is 3.27. The molecule has 0 saturated carbocycles. The van der Waals surface area contributed by atoms with Gasteiger partial charge < -0.3 is 10.2 Å². The lowest BCUT2D eigenvalue weighted by Crippen LogP contribution is -2.31. The van der Waals surface area contributed by atoms with Crippen molar-refractivity contribution in [1.29, 1.82) is 0 Å². The zero-order valence-electron chi connectivity index (χ0n) is 9.34. The lowest BCUT2D eigenvalue weighted by molar-refractivity contribution is 0.0946. The highest BCUT2D eigenvalue weighted by atomic mass is 35.5. The molecule has 0 spiro atoms. The van der Waals surface area contributed by atoms with Gasteiger partial charge in [0.25, 0.3) is 5.91 Å². The van der Waals surface area contributed by atoms with E-state index in [2.05, 4.69) is 10.3 Å². The Hall–Kier alpha value is -0.840. The molecule has 0 aliphatic rings. The molecule has 6 heteroatoms. The second kappa shape index (κ2) is 9.39. The van der Waals surface area contributed by atoms with Crippen molar-refractivity contribution in [3.05, 3.63) is 30.1 Å². The van der Waals surface area contributed by atoms with Gasteiger partial charge >= 0.3 is 0 Å². The Balaban J connectivity index is 0. The molecule has 0 atom stereocenters. The molecule has 1 aromatic rings. The number of halogens is 2. The first-order chi connectivity index (χ1) is 6.70. The van der Waals surface area contributed by atoms with Gasteiger partial charge in [-0.1, -0.05) is 6.07 Å². The third kappa shape index (κ3) is 6.61. The van der Waals surface area contributed by atoms with Gasteiger partial charge in [0.2, 0.25) is 0 Å². The molecule has 0 aliphatic carbocycles. The van der Waals surface area contributed by atoms with Gasteiger partial charge in [-0.15, -0.1) is 24.8 Å². The first kappa shape index (κ1) is 17.6. The highest BCUT2D eigenvalue weighted by Crippen LogP contribution is 1.91. The van der Waals surface area contributed by atoms with Crippen LogP contribution < -0.4 is 5.32 Å². The molecule has 1 amide bonds. The van der Waals surface area contributed by atoms with Gasteiger partial charge in [-0.25, -0.2) is 0 Å². The van der Waals surface area contributed by atoms with Crippen LogP contribution in [0, 0.1) is 0 Å². The standard InChI is InChI=1S/C10H15N3O.2ClH/c1-13(2)8-7-12-10(14)9-5-3-4-6-11-9;;/h3-6H,7-8H2,1-2H3,(H,12,14);2*1H. The van der Waals surface area contributed by atoms with Gasteiger partial charge in [-0.05, 0) is 26.2 Å². The monoisotopic (exact) mass is 265 g/mol. The molecule has 1 rings (SSSR count). The summed E-state index contributed by atoms with van der Waals surface area (Å²) in [5.41, 5.74) is 0.464. The van der Waals surface area contributed by atoms with Gasteiger partial charge in [-0.2, -0.15) is 0 Å². The van der Waals surface area contributed by atoms with Crippen molar-refractivity contribution in [3.63, 3.8) is 0 Å². The lowest BCUT2D eigenvalue weighted by atomic mass is 10.3. The molecule has 1 aromatic heterocycles. The Bertz CT molecular complexity index is 293. The third-order valence-corrected chi connectivity index (χ3v) is 1.74. The minimum Gasteiger partial charge on any atom is -0.349 e. The van der Waals surface area contributed by atoms with Crippen LogP contribution >= 0.6 is 24.8 Å². The molecule has 16 heavy (non-hydrogen) atoms. The summed E-state index contributed by atoms with van der Waals surface area (Å²) < 4.78 is 0. The predicted molar refractivity (Wildman–Crippen MR) is 69.6 cm³/mol. The van der Waals surface area contributed by atoms with E-state index in [9.17, 15) is 4.79 Å². The fourth-order valence-electron chi connectivity index (χ4n) is 0.981.